The molecule has 0 unspecified atom stereocenters. The quantitative estimate of drug-likeness (QED) is 0.629. The number of amides is 1. The number of nitrogen functional groups attached to an aromatic ring is 1. The van der Waals surface area contributed by atoms with Gasteiger partial charge in [-0.2, -0.15) is 5.10 Å². The van der Waals surface area contributed by atoms with Gasteiger partial charge in [0.2, 0.25) is 0 Å². The summed E-state index contributed by atoms with van der Waals surface area (Å²) in [5, 5.41) is 6.84. The van der Waals surface area contributed by atoms with Crippen molar-refractivity contribution in [1.29, 1.82) is 0 Å². The number of aromatic amines is 1. The molecule has 1 amide bonds. The van der Waals surface area contributed by atoms with Crippen LogP contribution in [0.5, 0.6) is 0 Å². The second-order valence-corrected chi connectivity index (χ2v) is 8.40. The summed E-state index contributed by atoms with van der Waals surface area (Å²) in [6.07, 6.45) is 3.14. The average Bonchev–Trinajstić information content (AvgIpc) is 3.47. The Morgan fingerprint density at radius 3 is 2.87 bits per heavy atom. The molecular formula is C21H21ClFN7O. The van der Waals surface area contributed by atoms with Crippen molar-refractivity contribution >= 4 is 23.3 Å². The topological polar surface area (TPSA) is 104 Å². The van der Waals surface area contributed by atoms with Gasteiger partial charge in [-0.3, -0.25) is 14.8 Å². The summed E-state index contributed by atoms with van der Waals surface area (Å²) >= 11 is 5.84. The summed E-state index contributed by atoms with van der Waals surface area (Å²) in [5.41, 5.74) is 7.79. The van der Waals surface area contributed by atoms with Gasteiger partial charge < -0.3 is 10.6 Å². The summed E-state index contributed by atoms with van der Waals surface area (Å²) in [6, 6.07) is 8.38. The first-order valence-corrected chi connectivity index (χ1v) is 10.5. The molecule has 2 aromatic heterocycles. The van der Waals surface area contributed by atoms with Crippen LogP contribution in [-0.2, 0) is 13.0 Å². The molecule has 0 saturated carbocycles. The van der Waals surface area contributed by atoms with E-state index < -0.39 is 5.82 Å². The Kier molecular flexibility index (Phi) is 5.07. The van der Waals surface area contributed by atoms with Crippen LogP contribution in [0, 0.1) is 5.82 Å². The minimum Gasteiger partial charge on any atom is -0.384 e. The highest BCUT2D eigenvalue weighted by Crippen LogP contribution is 2.33. The first kappa shape index (κ1) is 19.9. The van der Waals surface area contributed by atoms with Crippen molar-refractivity contribution in [3.8, 4) is 0 Å². The number of rotatable bonds is 5. The molecule has 2 atom stereocenters. The van der Waals surface area contributed by atoms with E-state index in [9.17, 15) is 9.18 Å². The lowest BCUT2D eigenvalue weighted by molar-refractivity contribution is 0.0608. The van der Waals surface area contributed by atoms with Gasteiger partial charge >= 0.3 is 0 Å². The van der Waals surface area contributed by atoms with Crippen molar-refractivity contribution in [2.24, 2.45) is 0 Å². The number of nitrogens with two attached hydrogens (primary N) is 1. The van der Waals surface area contributed by atoms with E-state index >= 15 is 0 Å². The minimum absolute atomic E-state index is 0.0224. The van der Waals surface area contributed by atoms with Crippen LogP contribution in [0.2, 0.25) is 5.02 Å². The Labute approximate surface area is 183 Å². The number of hydrogen-bond donors (Lipinski definition) is 2. The molecule has 3 N–H and O–H groups in total. The summed E-state index contributed by atoms with van der Waals surface area (Å²) in [6.45, 7) is 1.78. The molecular weight excluding hydrogens is 421 g/mol. The third kappa shape index (κ3) is 3.86. The molecule has 31 heavy (non-hydrogen) atoms. The number of H-pyrrole nitrogens is 1. The van der Waals surface area contributed by atoms with Gasteiger partial charge in [-0.1, -0.05) is 17.7 Å². The first-order chi connectivity index (χ1) is 15.0. The molecule has 5 rings (SSSR count). The van der Waals surface area contributed by atoms with Gasteiger partial charge in [-0.25, -0.2) is 14.4 Å². The fourth-order valence-electron chi connectivity index (χ4n) is 4.51. The zero-order valence-corrected chi connectivity index (χ0v) is 17.4. The molecule has 4 heterocycles. The van der Waals surface area contributed by atoms with E-state index in [1.165, 1.54) is 12.1 Å². The number of fused-ring (bicyclic) bond motifs is 2. The maximum atomic E-state index is 14.3. The highest BCUT2D eigenvalue weighted by molar-refractivity contribution is 6.31. The Balaban J connectivity index is 1.27. The van der Waals surface area contributed by atoms with Gasteiger partial charge in [0.25, 0.3) is 5.91 Å². The van der Waals surface area contributed by atoms with Crippen molar-refractivity contribution < 1.29 is 9.18 Å². The highest BCUT2D eigenvalue weighted by atomic mass is 35.5. The van der Waals surface area contributed by atoms with Crippen molar-refractivity contribution in [2.75, 3.05) is 18.8 Å². The van der Waals surface area contributed by atoms with Crippen LogP contribution in [0.4, 0.5) is 10.2 Å². The average molecular weight is 442 g/mol. The third-order valence-corrected chi connectivity index (χ3v) is 6.21. The number of nitrogens with zero attached hydrogens (tertiary/aromatic N) is 5. The minimum atomic E-state index is -0.660. The van der Waals surface area contributed by atoms with E-state index in [-0.39, 0.29) is 28.6 Å². The number of carbonyl (C=O) groups is 1. The number of hydrogen-bond acceptors (Lipinski definition) is 6. The van der Waals surface area contributed by atoms with Gasteiger partial charge in [0, 0.05) is 49.6 Å². The van der Waals surface area contributed by atoms with Crippen molar-refractivity contribution in [1.82, 2.24) is 30.0 Å². The number of piperazine rings is 1. The zero-order chi connectivity index (χ0) is 21.5. The lowest BCUT2D eigenvalue weighted by Crippen LogP contribution is -2.48. The van der Waals surface area contributed by atoms with E-state index in [2.05, 4.69) is 25.1 Å². The highest BCUT2D eigenvalue weighted by Gasteiger charge is 2.45. The third-order valence-electron chi connectivity index (χ3n) is 5.92. The smallest absolute Gasteiger partial charge is 0.257 e. The molecule has 3 aromatic rings. The molecule has 160 valence electrons. The number of likely N-dealkylation sites (tertiary alicyclic amines) is 2. The molecule has 0 aliphatic carbocycles. The van der Waals surface area contributed by atoms with E-state index in [1.54, 1.807) is 23.2 Å². The standard InChI is InChI=1S/C21H21ClFN7O/c22-17-3-1-2-16(20(17)23)21(31)30-10-14-8-15(30)9-29(14)11-19-26-13(7-18(24)27-19)6-12-4-5-25-28-12/h1-5,7,14-15H,6,8-11H2,(H,25,28)(H2,24,26,27)/t14-,15+/m1/s1. The molecule has 2 bridgehead atoms. The molecule has 2 aliphatic heterocycles. The lowest BCUT2D eigenvalue weighted by Gasteiger charge is -2.34. The number of halogens is 2. The molecule has 8 nitrogen and oxygen atoms in total. The van der Waals surface area contributed by atoms with Gasteiger partial charge in [0.05, 0.1) is 22.8 Å². The van der Waals surface area contributed by atoms with Gasteiger partial charge in [-0.15, -0.1) is 0 Å². The van der Waals surface area contributed by atoms with E-state index in [1.807, 2.05) is 6.07 Å². The molecule has 2 aliphatic rings. The normalized spacial score (nSPS) is 20.5. The second kappa shape index (κ2) is 7.90. The number of nitrogens with one attached hydrogen (secondary N) is 1. The van der Waals surface area contributed by atoms with E-state index in [4.69, 9.17) is 17.3 Å². The van der Waals surface area contributed by atoms with Crippen molar-refractivity contribution in [2.45, 2.75) is 31.5 Å². The fraction of sp³-hybridized carbons (Fsp3) is 0.333. The predicted octanol–water partition coefficient (Wildman–Crippen LogP) is 2.26. The number of carbonyl (C=O) groups excluding carboxylic acids is 1. The van der Waals surface area contributed by atoms with Crippen LogP contribution in [0.15, 0.2) is 36.5 Å². The van der Waals surface area contributed by atoms with E-state index in [0.717, 1.165) is 17.8 Å². The van der Waals surface area contributed by atoms with Gasteiger partial charge in [0.15, 0.2) is 5.82 Å². The van der Waals surface area contributed by atoms with Gasteiger partial charge in [0.1, 0.15) is 11.6 Å². The maximum Gasteiger partial charge on any atom is 0.257 e. The summed E-state index contributed by atoms with van der Waals surface area (Å²) in [5.74, 6) is 0.110. The Morgan fingerprint density at radius 1 is 1.26 bits per heavy atom. The van der Waals surface area contributed by atoms with Crippen LogP contribution in [-0.4, -0.2) is 61.0 Å². The van der Waals surface area contributed by atoms with Crippen LogP contribution in [0.1, 0.15) is 34.0 Å². The van der Waals surface area contributed by atoms with Crippen molar-refractivity contribution in [3.63, 3.8) is 0 Å². The summed E-state index contributed by atoms with van der Waals surface area (Å²) in [7, 11) is 0. The molecule has 2 saturated heterocycles. The molecule has 0 spiro atoms. The lowest BCUT2D eigenvalue weighted by atomic mass is 10.1. The summed E-state index contributed by atoms with van der Waals surface area (Å²) in [4.78, 5) is 25.9. The summed E-state index contributed by atoms with van der Waals surface area (Å²) < 4.78 is 14.3. The monoisotopic (exact) mass is 441 g/mol. The number of anilines is 1. The molecule has 1 aromatic carbocycles. The SMILES string of the molecule is Nc1cc(Cc2ccn[nH]2)nc(CN2C[C@@H]3C[C@@H]2CN3C(=O)c2cccc(Cl)c2F)n1. The van der Waals surface area contributed by atoms with Crippen LogP contribution < -0.4 is 5.73 Å². The zero-order valence-electron chi connectivity index (χ0n) is 16.6. The largest absolute Gasteiger partial charge is 0.384 e. The van der Waals surface area contributed by atoms with Crippen LogP contribution >= 0.6 is 11.6 Å². The Hall–Kier alpha value is -3.04. The van der Waals surface area contributed by atoms with Crippen LogP contribution in [0.25, 0.3) is 0 Å². The number of aromatic nitrogens is 4. The molecule has 0 radical (unpaired) electrons. The Bertz CT molecular complexity index is 1120. The predicted molar refractivity (Wildman–Crippen MR) is 113 cm³/mol. The molecule has 2 fully saturated rings. The van der Waals surface area contributed by atoms with Crippen LogP contribution in [0.3, 0.4) is 0 Å². The maximum absolute atomic E-state index is 14.3. The molecule has 10 heteroatoms. The fourth-order valence-corrected chi connectivity index (χ4v) is 4.69. The first-order valence-electron chi connectivity index (χ1n) is 10.1. The van der Waals surface area contributed by atoms with Crippen molar-refractivity contribution in [3.05, 3.63) is 70.1 Å². The van der Waals surface area contributed by atoms with E-state index in [0.29, 0.717) is 37.7 Å². The Morgan fingerprint density at radius 2 is 2.13 bits per heavy atom. The number of benzene rings is 1. The van der Waals surface area contributed by atoms with Gasteiger partial charge in [-0.05, 0) is 24.6 Å². The second-order valence-electron chi connectivity index (χ2n) is 7.99.